The van der Waals surface area contributed by atoms with Gasteiger partial charge in [0.15, 0.2) is 0 Å². The van der Waals surface area contributed by atoms with E-state index in [1.54, 1.807) is 12.1 Å². The molecule has 13 heteroatoms. The molecule has 224 valence electrons. The fourth-order valence-electron chi connectivity index (χ4n) is 3.98. The fourth-order valence-corrected chi connectivity index (χ4v) is 3.98. The summed E-state index contributed by atoms with van der Waals surface area (Å²) in [6, 6.07) is 6.62. The lowest BCUT2D eigenvalue weighted by Gasteiger charge is -2.26. The summed E-state index contributed by atoms with van der Waals surface area (Å²) in [5.41, 5.74) is 12.6. The van der Waals surface area contributed by atoms with Crippen LogP contribution in [-0.4, -0.2) is 80.9 Å². The van der Waals surface area contributed by atoms with Crippen molar-refractivity contribution in [1.82, 2.24) is 16.0 Å². The number of hydrogen-bond donors (Lipinski definition) is 9. The molecule has 0 heterocycles. The lowest BCUT2D eigenvalue weighted by atomic mass is 10.0. The molecule has 41 heavy (non-hydrogen) atoms. The van der Waals surface area contributed by atoms with E-state index in [1.165, 1.54) is 43.3 Å². The average molecular weight is 574 g/mol. The van der Waals surface area contributed by atoms with E-state index in [9.17, 15) is 39.6 Å². The lowest BCUT2D eigenvalue weighted by Crippen LogP contribution is -2.60. The monoisotopic (exact) mass is 573 g/mol. The molecule has 0 aromatic heterocycles. The Morgan fingerprint density at radius 2 is 1.24 bits per heavy atom. The molecule has 3 amide bonds. The summed E-state index contributed by atoms with van der Waals surface area (Å²) < 4.78 is 0. The molecule has 2 aromatic rings. The number of aliphatic carboxylic acids is 1. The first-order valence-electron chi connectivity index (χ1n) is 13.2. The number of unbranched alkanes of at least 4 members (excludes halogenated alkanes) is 1. The number of benzene rings is 2. The van der Waals surface area contributed by atoms with Crippen molar-refractivity contribution in [2.75, 3.05) is 6.54 Å². The number of phenols is 2. The van der Waals surface area contributed by atoms with Crippen molar-refractivity contribution in [3.63, 3.8) is 0 Å². The van der Waals surface area contributed by atoms with Crippen LogP contribution in [0.3, 0.4) is 0 Å². The van der Waals surface area contributed by atoms with Crippen LogP contribution >= 0.6 is 0 Å². The number of hydrogen-bond acceptors (Lipinski definition) is 9. The smallest absolute Gasteiger partial charge is 0.326 e. The highest BCUT2D eigenvalue weighted by atomic mass is 16.4. The summed E-state index contributed by atoms with van der Waals surface area (Å²) in [7, 11) is 0. The zero-order chi connectivity index (χ0) is 30.5. The third-order valence-electron chi connectivity index (χ3n) is 6.37. The lowest BCUT2D eigenvalue weighted by molar-refractivity contribution is -0.143. The maximum Gasteiger partial charge on any atom is 0.326 e. The van der Waals surface area contributed by atoms with Gasteiger partial charge in [-0.3, -0.25) is 14.4 Å². The van der Waals surface area contributed by atoms with Crippen LogP contribution in [0.5, 0.6) is 11.5 Å². The molecule has 2 rings (SSSR count). The van der Waals surface area contributed by atoms with E-state index in [0.717, 1.165) is 0 Å². The van der Waals surface area contributed by atoms with Gasteiger partial charge in [-0.2, -0.15) is 0 Å². The zero-order valence-corrected chi connectivity index (χ0v) is 22.8. The molecule has 5 atom stereocenters. The number of nitrogens with two attached hydrogens (primary N) is 2. The van der Waals surface area contributed by atoms with Gasteiger partial charge in [0.25, 0.3) is 0 Å². The second-order valence-corrected chi connectivity index (χ2v) is 9.82. The van der Waals surface area contributed by atoms with Gasteiger partial charge in [0.2, 0.25) is 17.7 Å². The third kappa shape index (κ3) is 11.1. The van der Waals surface area contributed by atoms with E-state index >= 15 is 0 Å². The summed E-state index contributed by atoms with van der Waals surface area (Å²) in [4.78, 5) is 51.0. The highest BCUT2D eigenvalue weighted by Crippen LogP contribution is 2.13. The maximum absolute atomic E-state index is 13.3. The Hall–Kier alpha value is -4.20. The number of rotatable bonds is 16. The molecule has 0 aliphatic carbocycles. The van der Waals surface area contributed by atoms with Crippen LogP contribution in [-0.2, 0) is 32.0 Å². The van der Waals surface area contributed by atoms with Gasteiger partial charge in [-0.1, -0.05) is 30.7 Å². The summed E-state index contributed by atoms with van der Waals surface area (Å²) in [6.45, 7) is 1.70. The van der Waals surface area contributed by atoms with E-state index in [1.807, 2.05) is 0 Å². The van der Waals surface area contributed by atoms with Crippen LogP contribution in [0, 0.1) is 0 Å². The molecule has 13 nitrogen and oxygen atoms in total. The number of amides is 3. The molecule has 0 bridgehead atoms. The minimum Gasteiger partial charge on any atom is -0.508 e. The van der Waals surface area contributed by atoms with Crippen molar-refractivity contribution in [1.29, 1.82) is 0 Å². The Kier molecular flexibility index (Phi) is 13.0. The second kappa shape index (κ2) is 16.2. The molecule has 2 aromatic carbocycles. The third-order valence-corrected chi connectivity index (χ3v) is 6.37. The van der Waals surface area contributed by atoms with Crippen LogP contribution in [0.15, 0.2) is 48.5 Å². The number of aliphatic hydroxyl groups is 1. The Labute approximate surface area is 237 Å². The van der Waals surface area contributed by atoms with Crippen LogP contribution < -0.4 is 27.4 Å². The quantitative estimate of drug-likeness (QED) is 0.114. The summed E-state index contributed by atoms with van der Waals surface area (Å²) in [5.74, 6) is -3.71. The predicted molar refractivity (Wildman–Crippen MR) is 150 cm³/mol. The maximum atomic E-state index is 13.3. The number of aromatic hydroxyl groups is 2. The number of phenolic OH excluding ortho intramolecular Hbond substituents is 2. The first-order chi connectivity index (χ1) is 19.4. The van der Waals surface area contributed by atoms with Gasteiger partial charge in [0, 0.05) is 12.8 Å². The van der Waals surface area contributed by atoms with Crippen LogP contribution in [0.25, 0.3) is 0 Å². The number of carboxylic acid groups (broad SMARTS) is 1. The highest BCUT2D eigenvalue weighted by Gasteiger charge is 2.33. The van der Waals surface area contributed by atoms with Gasteiger partial charge >= 0.3 is 5.97 Å². The van der Waals surface area contributed by atoms with Gasteiger partial charge in [-0.15, -0.1) is 0 Å². The first kappa shape index (κ1) is 33.0. The van der Waals surface area contributed by atoms with Gasteiger partial charge in [-0.25, -0.2) is 4.79 Å². The van der Waals surface area contributed by atoms with Crippen molar-refractivity contribution in [3.05, 3.63) is 59.7 Å². The topological polar surface area (TPSA) is 237 Å². The predicted octanol–water partition coefficient (Wildman–Crippen LogP) is -0.741. The van der Waals surface area contributed by atoms with E-state index < -0.39 is 54.0 Å². The Morgan fingerprint density at radius 1 is 0.756 bits per heavy atom. The first-order valence-corrected chi connectivity index (χ1v) is 13.2. The Bertz CT molecular complexity index is 1160. The average Bonchev–Trinajstić information content (AvgIpc) is 2.92. The minimum absolute atomic E-state index is 0.00634. The van der Waals surface area contributed by atoms with E-state index in [4.69, 9.17) is 11.5 Å². The molecule has 0 radical (unpaired) electrons. The molecule has 0 saturated carbocycles. The summed E-state index contributed by atoms with van der Waals surface area (Å²) >= 11 is 0. The molecule has 5 unspecified atom stereocenters. The number of nitrogens with one attached hydrogen (secondary N) is 3. The van der Waals surface area contributed by atoms with E-state index in [-0.39, 0.29) is 24.3 Å². The van der Waals surface area contributed by atoms with Crippen LogP contribution in [0.2, 0.25) is 0 Å². The second-order valence-electron chi connectivity index (χ2n) is 9.82. The van der Waals surface area contributed by atoms with Crippen molar-refractivity contribution in [2.24, 2.45) is 11.5 Å². The van der Waals surface area contributed by atoms with Gasteiger partial charge < -0.3 is 47.8 Å². The van der Waals surface area contributed by atoms with Crippen LogP contribution in [0.1, 0.15) is 37.3 Å². The van der Waals surface area contributed by atoms with Crippen molar-refractivity contribution in [3.8, 4) is 11.5 Å². The van der Waals surface area contributed by atoms with Gasteiger partial charge in [-0.05, 0) is 61.7 Å². The fraction of sp³-hybridized carbons (Fsp3) is 0.429. The molecule has 0 fully saturated rings. The molecular weight excluding hydrogens is 534 g/mol. The van der Waals surface area contributed by atoms with Crippen molar-refractivity contribution < 1.29 is 39.6 Å². The molecule has 0 spiro atoms. The molecular formula is C28H39N5O8. The van der Waals surface area contributed by atoms with Crippen molar-refractivity contribution in [2.45, 2.75) is 69.3 Å². The summed E-state index contributed by atoms with van der Waals surface area (Å²) in [5, 5.41) is 46.3. The van der Waals surface area contributed by atoms with Gasteiger partial charge in [0.1, 0.15) is 29.6 Å². The zero-order valence-electron chi connectivity index (χ0n) is 22.8. The highest BCUT2D eigenvalue weighted by molar-refractivity contribution is 5.94. The van der Waals surface area contributed by atoms with E-state index in [2.05, 4.69) is 16.0 Å². The van der Waals surface area contributed by atoms with E-state index in [0.29, 0.717) is 36.9 Å². The number of carboxylic acids is 1. The number of carbonyl (C=O) groups is 4. The minimum atomic E-state index is -1.55. The molecule has 0 aliphatic heterocycles. The largest absolute Gasteiger partial charge is 0.508 e. The van der Waals surface area contributed by atoms with Gasteiger partial charge in [0.05, 0.1) is 12.1 Å². The summed E-state index contributed by atoms with van der Waals surface area (Å²) in [6.07, 6.45) is 0.0500. The van der Waals surface area contributed by atoms with Crippen LogP contribution in [0.4, 0.5) is 0 Å². The molecule has 0 aliphatic rings. The number of aliphatic hydroxyl groups excluding tert-OH is 1. The Morgan fingerprint density at radius 3 is 1.71 bits per heavy atom. The molecule has 11 N–H and O–H groups in total. The standard InChI is InChI=1S/C28H39N5O8/c1-16(34)24(27(39)32-23(28(40)41)15-18-7-11-20(36)12-8-18)33-26(38)22(14-17-5-9-19(35)10-6-17)31-25(37)21(30)4-2-3-13-29/h5-12,16,21-24,34-36H,2-4,13-15,29-30H2,1H3,(H,31,37)(H,32,39)(H,33,38)(H,40,41). The Balaban J connectivity index is 2.19. The SMILES string of the molecule is CC(O)C(NC(=O)C(Cc1ccc(O)cc1)NC(=O)C(N)CCCCN)C(=O)NC(Cc1ccc(O)cc1)C(=O)O. The molecule has 0 saturated heterocycles. The number of carbonyl (C=O) groups excluding carboxylic acids is 3. The normalized spacial score (nSPS) is 14.6. The van der Waals surface area contributed by atoms with Crippen molar-refractivity contribution >= 4 is 23.7 Å².